The van der Waals surface area contributed by atoms with Gasteiger partial charge >= 0.3 is 5.97 Å². The third-order valence-corrected chi connectivity index (χ3v) is 6.39. The molecule has 0 saturated carbocycles. The number of carboxylic acids is 1. The lowest BCUT2D eigenvalue weighted by Gasteiger charge is -2.39. The van der Waals surface area contributed by atoms with Crippen molar-refractivity contribution in [3.63, 3.8) is 0 Å². The van der Waals surface area contributed by atoms with Gasteiger partial charge in [0.05, 0.1) is 11.3 Å². The number of nitrogens with zero attached hydrogens (tertiary/aromatic N) is 2. The van der Waals surface area contributed by atoms with Crippen molar-refractivity contribution < 1.29 is 23.1 Å². The zero-order chi connectivity index (χ0) is 19.4. The average molecular weight is 388 g/mol. The number of carbonyl (C=O) groups is 2. The first-order valence-corrected chi connectivity index (χ1v) is 9.95. The lowest BCUT2D eigenvalue weighted by Crippen LogP contribution is -2.58. The van der Waals surface area contributed by atoms with Crippen LogP contribution in [0.15, 0.2) is 65.6 Å². The van der Waals surface area contributed by atoms with Crippen molar-refractivity contribution in [2.24, 2.45) is 0 Å². The lowest BCUT2D eigenvalue weighted by molar-refractivity contribution is -0.147. The Balaban J connectivity index is 1.88. The molecule has 3 rings (SSSR count). The van der Waals surface area contributed by atoms with Gasteiger partial charge in [-0.1, -0.05) is 48.5 Å². The maximum absolute atomic E-state index is 13.0. The summed E-state index contributed by atoms with van der Waals surface area (Å²) in [6, 6.07) is 15.8. The molecule has 8 heteroatoms. The van der Waals surface area contributed by atoms with Gasteiger partial charge < -0.3 is 10.0 Å². The summed E-state index contributed by atoms with van der Waals surface area (Å²) in [7, 11) is -3.96. The standard InChI is InChI=1S/C19H20N2O5S/c22-18(23)13-17-19(24)20(14-15-7-3-1-4-8-15)11-12-21(17)27(25,26)16-9-5-2-6-10-16/h1-10,17H,11-14H2,(H,22,23). The van der Waals surface area contributed by atoms with E-state index in [1.807, 2.05) is 30.3 Å². The quantitative estimate of drug-likeness (QED) is 0.810. The molecule has 1 amide bonds. The Bertz CT molecular complexity index is 916. The Hall–Kier alpha value is -2.71. The van der Waals surface area contributed by atoms with E-state index in [4.69, 9.17) is 0 Å². The van der Waals surface area contributed by atoms with Crippen molar-refractivity contribution in [2.75, 3.05) is 13.1 Å². The van der Waals surface area contributed by atoms with E-state index in [0.29, 0.717) is 6.54 Å². The normalized spacial score (nSPS) is 18.4. The summed E-state index contributed by atoms with van der Waals surface area (Å²) in [4.78, 5) is 25.8. The maximum atomic E-state index is 13.0. The van der Waals surface area contributed by atoms with Crippen LogP contribution in [0.25, 0.3) is 0 Å². The van der Waals surface area contributed by atoms with Crippen LogP contribution >= 0.6 is 0 Å². The fourth-order valence-electron chi connectivity index (χ4n) is 3.15. The number of aliphatic carboxylic acids is 1. The SMILES string of the molecule is O=C(O)CC1C(=O)N(Cc2ccccc2)CCN1S(=O)(=O)c1ccccc1. The van der Waals surface area contributed by atoms with E-state index in [9.17, 15) is 23.1 Å². The number of hydrogen-bond acceptors (Lipinski definition) is 4. The van der Waals surface area contributed by atoms with Crippen molar-refractivity contribution >= 4 is 21.9 Å². The minimum absolute atomic E-state index is 0.0460. The topological polar surface area (TPSA) is 95.0 Å². The molecule has 1 saturated heterocycles. The molecule has 0 spiro atoms. The Kier molecular flexibility index (Phi) is 5.57. The molecule has 1 fully saturated rings. The van der Waals surface area contributed by atoms with Crippen LogP contribution in [-0.2, 0) is 26.2 Å². The first-order chi connectivity index (χ1) is 12.9. The van der Waals surface area contributed by atoms with Crippen LogP contribution in [0.2, 0.25) is 0 Å². The lowest BCUT2D eigenvalue weighted by atomic mass is 10.1. The summed E-state index contributed by atoms with van der Waals surface area (Å²) in [5.41, 5.74) is 0.902. The number of piperazine rings is 1. The molecule has 2 aromatic rings. The molecule has 7 nitrogen and oxygen atoms in total. The number of amides is 1. The van der Waals surface area contributed by atoms with Gasteiger partial charge in [-0.15, -0.1) is 0 Å². The monoisotopic (exact) mass is 388 g/mol. The number of carboxylic acid groups (broad SMARTS) is 1. The Morgan fingerprint density at radius 1 is 1.00 bits per heavy atom. The van der Waals surface area contributed by atoms with E-state index >= 15 is 0 Å². The molecule has 1 aliphatic rings. The van der Waals surface area contributed by atoms with Crippen molar-refractivity contribution in [3.8, 4) is 0 Å². The Morgan fingerprint density at radius 2 is 1.59 bits per heavy atom. The second-order valence-corrected chi connectivity index (χ2v) is 8.18. The van der Waals surface area contributed by atoms with Crippen molar-refractivity contribution in [2.45, 2.75) is 23.9 Å². The number of rotatable bonds is 6. The van der Waals surface area contributed by atoms with Gasteiger partial charge in [-0.2, -0.15) is 4.31 Å². The van der Waals surface area contributed by atoms with Crippen LogP contribution in [0.1, 0.15) is 12.0 Å². The fourth-order valence-corrected chi connectivity index (χ4v) is 4.74. The largest absolute Gasteiger partial charge is 0.481 e. The molecule has 1 unspecified atom stereocenters. The van der Waals surface area contributed by atoms with E-state index in [-0.39, 0.29) is 18.0 Å². The van der Waals surface area contributed by atoms with Gasteiger partial charge in [0.2, 0.25) is 15.9 Å². The van der Waals surface area contributed by atoms with Gasteiger partial charge in [0.15, 0.2) is 0 Å². The molecule has 27 heavy (non-hydrogen) atoms. The van der Waals surface area contributed by atoms with Crippen molar-refractivity contribution in [3.05, 3.63) is 66.2 Å². The first kappa shape index (κ1) is 19.1. The molecule has 1 atom stereocenters. The summed E-state index contributed by atoms with van der Waals surface area (Å²) < 4.78 is 26.9. The highest BCUT2D eigenvalue weighted by Gasteiger charge is 2.42. The van der Waals surface area contributed by atoms with Crippen LogP contribution in [-0.4, -0.2) is 53.7 Å². The van der Waals surface area contributed by atoms with Crippen molar-refractivity contribution in [1.29, 1.82) is 0 Å². The summed E-state index contributed by atoms with van der Waals surface area (Å²) in [5, 5.41) is 9.22. The zero-order valence-corrected chi connectivity index (χ0v) is 15.4. The molecule has 1 aliphatic heterocycles. The number of carbonyl (C=O) groups excluding carboxylic acids is 1. The molecule has 0 aromatic heterocycles. The van der Waals surface area contributed by atoms with Crippen LogP contribution < -0.4 is 0 Å². The highest BCUT2D eigenvalue weighted by molar-refractivity contribution is 7.89. The molecule has 1 heterocycles. The minimum atomic E-state index is -3.96. The van der Waals surface area contributed by atoms with E-state index in [1.54, 1.807) is 18.2 Å². The van der Waals surface area contributed by atoms with Gasteiger partial charge in [-0.25, -0.2) is 8.42 Å². The Morgan fingerprint density at radius 3 is 2.19 bits per heavy atom. The van der Waals surface area contributed by atoms with Crippen LogP contribution in [0, 0.1) is 0 Å². The molecular weight excluding hydrogens is 368 g/mol. The smallest absolute Gasteiger partial charge is 0.305 e. The summed E-state index contributed by atoms with van der Waals surface area (Å²) in [6.07, 6.45) is -0.573. The van der Waals surface area contributed by atoms with E-state index in [2.05, 4.69) is 0 Å². The van der Waals surface area contributed by atoms with Gasteiger partial charge in [0, 0.05) is 19.6 Å². The predicted molar refractivity (Wildman–Crippen MR) is 98.2 cm³/mol. The molecule has 2 aromatic carbocycles. The number of hydrogen-bond donors (Lipinski definition) is 1. The zero-order valence-electron chi connectivity index (χ0n) is 14.6. The molecule has 0 radical (unpaired) electrons. The summed E-state index contributed by atoms with van der Waals surface area (Å²) in [5.74, 6) is -1.71. The van der Waals surface area contributed by atoms with E-state index in [1.165, 1.54) is 17.0 Å². The molecule has 0 bridgehead atoms. The van der Waals surface area contributed by atoms with Crippen molar-refractivity contribution in [1.82, 2.24) is 9.21 Å². The first-order valence-electron chi connectivity index (χ1n) is 8.51. The van der Waals surface area contributed by atoms with Gasteiger partial charge in [0.1, 0.15) is 6.04 Å². The van der Waals surface area contributed by atoms with Crippen LogP contribution in [0.3, 0.4) is 0 Å². The molecule has 0 aliphatic carbocycles. The fraction of sp³-hybridized carbons (Fsp3) is 0.263. The third-order valence-electron chi connectivity index (χ3n) is 4.47. The van der Waals surface area contributed by atoms with Crippen LogP contribution in [0.5, 0.6) is 0 Å². The highest BCUT2D eigenvalue weighted by Crippen LogP contribution is 2.25. The minimum Gasteiger partial charge on any atom is -0.481 e. The molecule has 1 N–H and O–H groups in total. The van der Waals surface area contributed by atoms with Crippen LogP contribution in [0.4, 0.5) is 0 Å². The average Bonchev–Trinajstić information content (AvgIpc) is 2.66. The maximum Gasteiger partial charge on any atom is 0.305 e. The predicted octanol–water partition coefficient (Wildman–Crippen LogP) is 1.56. The summed E-state index contributed by atoms with van der Waals surface area (Å²) in [6.45, 7) is 0.568. The molecule has 142 valence electrons. The number of benzene rings is 2. The van der Waals surface area contributed by atoms with E-state index in [0.717, 1.165) is 9.87 Å². The Labute approximate surface area is 157 Å². The summed E-state index contributed by atoms with van der Waals surface area (Å²) >= 11 is 0. The second-order valence-electron chi connectivity index (χ2n) is 6.29. The van der Waals surface area contributed by atoms with Gasteiger partial charge in [-0.3, -0.25) is 9.59 Å². The van der Waals surface area contributed by atoms with E-state index < -0.39 is 34.4 Å². The molecular formula is C19H20N2O5S. The number of sulfonamides is 1. The van der Waals surface area contributed by atoms with Gasteiger partial charge in [-0.05, 0) is 17.7 Å². The third kappa shape index (κ3) is 4.17. The highest BCUT2D eigenvalue weighted by atomic mass is 32.2. The van der Waals surface area contributed by atoms with Gasteiger partial charge in [0.25, 0.3) is 0 Å². The second kappa shape index (κ2) is 7.89.